The fraction of sp³-hybridized carbons (Fsp3) is 0. The molecule has 0 unspecified atom stereocenters. The van der Waals surface area contributed by atoms with Crippen molar-refractivity contribution in [2.24, 2.45) is 0 Å². The Hall–Kier alpha value is -5.60. The highest BCUT2D eigenvalue weighted by molar-refractivity contribution is 5.89. The molecule has 0 heterocycles. The van der Waals surface area contributed by atoms with Crippen LogP contribution in [0.5, 0.6) is 0 Å². The Morgan fingerprint density at radius 1 is 0.238 bits per heavy atom. The summed E-state index contributed by atoms with van der Waals surface area (Å²) in [4.78, 5) is 0. The summed E-state index contributed by atoms with van der Waals surface area (Å²) in [6.07, 6.45) is 0. The van der Waals surface area contributed by atoms with Crippen LogP contribution in [0.15, 0.2) is 170 Å². The van der Waals surface area contributed by atoms with Crippen molar-refractivity contribution in [1.82, 2.24) is 0 Å². The highest BCUT2D eigenvalue weighted by Gasteiger charge is 2.09. The number of anilines is 4. The van der Waals surface area contributed by atoms with E-state index < -0.39 is 0 Å². The second-order valence-electron chi connectivity index (χ2n) is 10.5. The largest absolute Gasteiger partial charge is 0.356 e. The third-order valence-corrected chi connectivity index (χ3v) is 7.58. The molecule has 2 heteroatoms. The molecular weight excluding hydrogens is 508 g/mol. The quantitative estimate of drug-likeness (QED) is 0.211. The molecule has 2 nitrogen and oxygen atoms in total. The van der Waals surface area contributed by atoms with Crippen molar-refractivity contribution in [2.45, 2.75) is 0 Å². The van der Waals surface area contributed by atoms with E-state index in [9.17, 15) is 0 Å². The number of para-hydroxylation sites is 2. The Morgan fingerprint density at radius 3 is 1.12 bits per heavy atom. The van der Waals surface area contributed by atoms with Gasteiger partial charge in [0, 0.05) is 22.7 Å². The van der Waals surface area contributed by atoms with Crippen molar-refractivity contribution >= 4 is 33.5 Å². The second-order valence-corrected chi connectivity index (χ2v) is 10.5. The van der Waals surface area contributed by atoms with Crippen LogP contribution in [0.1, 0.15) is 0 Å². The zero-order valence-corrected chi connectivity index (χ0v) is 23.2. The van der Waals surface area contributed by atoms with Crippen molar-refractivity contribution in [3.05, 3.63) is 170 Å². The molecule has 0 radical (unpaired) electrons. The molecule has 2 N–H and O–H groups in total. The molecule has 0 amide bonds. The highest BCUT2D eigenvalue weighted by Crippen LogP contribution is 2.35. The zero-order valence-electron chi connectivity index (χ0n) is 23.2. The fourth-order valence-electron chi connectivity index (χ4n) is 5.36. The minimum Gasteiger partial charge on any atom is -0.356 e. The predicted molar refractivity (Wildman–Crippen MR) is 180 cm³/mol. The van der Waals surface area contributed by atoms with Crippen molar-refractivity contribution in [1.29, 1.82) is 0 Å². The van der Waals surface area contributed by atoms with Gasteiger partial charge in [-0.15, -0.1) is 0 Å². The van der Waals surface area contributed by atoms with Gasteiger partial charge < -0.3 is 10.6 Å². The van der Waals surface area contributed by atoms with Gasteiger partial charge in [-0.1, -0.05) is 97.1 Å². The van der Waals surface area contributed by atoms with Gasteiger partial charge in [-0.3, -0.25) is 0 Å². The van der Waals surface area contributed by atoms with Gasteiger partial charge in [0.25, 0.3) is 0 Å². The number of hydrogen-bond acceptors (Lipinski definition) is 2. The molecule has 7 rings (SSSR count). The molecular formula is C40H30N2. The van der Waals surface area contributed by atoms with Crippen molar-refractivity contribution < 1.29 is 0 Å². The van der Waals surface area contributed by atoms with Crippen LogP contribution in [0.3, 0.4) is 0 Å². The number of hydrogen-bond donors (Lipinski definition) is 2. The average molecular weight is 539 g/mol. The minimum absolute atomic E-state index is 1.07. The SMILES string of the molecule is c1ccc(Nc2ccc(-c3cc(-c4ccc(Nc5ccccc5)cc4)cc(-c4ccc5ccccc5c4)c3)cc2)cc1. The summed E-state index contributed by atoms with van der Waals surface area (Å²) in [6.45, 7) is 0. The van der Waals surface area contributed by atoms with Crippen LogP contribution < -0.4 is 10.6 Å². The molecule has 0 bridgehead atoms. The van der Waals surface area contributed by atoms with Gasteiger partial charge in [0.15, 0.2) is 0 Å². The van der Waals surface area contributed by atoms with Crippen LogP contribution in [0.25, 0.3) is 44.2 Å². The molecule has 42 heavy (non-hydrogen) atoms. The molecule has 0 saturated carbocycles. The van der Waals surface area contributed by atoms with E-state index in [0.717, 1.165) is 22.7 Å². The lowest BCUT2D eigenvalue weighted by Gasteiger charge is -2.13. The first-order valence-electron chi connectivity index (χ1n) is 14.3. The summed E-state index contributed by atoms with van der Waals surface area (Å²) in [5.41, 5.74) is 11.4. The maximum atomic E-state index is 3.49. The monoisotopic (exact) mass is 538 g/mol. The molecule has 200 valence electrons. The smallest absolute Gasteiger partial charge is 0.0384 e. The number of fused-ring (bicyclic) bond motifs is 1. The summed E-state index contributed by atoms with van der Waals surface area (Å²) >= 11 is 0. The number of nitrogens with one attached hydrogen (secondary N) is 2. The van der Waals surface area contributed by atoms with Crippen LogP contribution in [-0.2, 0) is 0 Å². The van der Waals surface area contributed by atoms with Crippen LogP contribution in [0.4, 0.5) is 22.7 Å². The van der Waals surface area contributed by atoms with Crippen molar-refractivity contribution in [3.63, 3.8) is 0 Å². The molecule has 0 aliphatic rings. The Labute approximate surface area is 246 Å². The Kier molecular flexibility index (Phi) is 6.94. The van der Waals surface area contributed by atoms with Gasteiger partial charge in [-0.05, 0) is 117 Å². The van der Waals surface area contributed by atoms with Gasteiger partial charge in [0.05, 0.1) is 0 Å². The van der Waals surface area contributed by atoms with E-state index in [2.05, 4.69) is 144 Å². The maximum Gasteiger partial charge on any atom is 0.0384 e. The van der Waals surface area contributed by atoms with Gasteiger partial charge in [0.2, 0.25) is 0 Å². The van der Waals surface area contributed by atoms with Crippen molar-refractivity contribution in [3.8, 4) is 33.4 Å². The molecule has 0 aromatic heterocycles. The molecule has 0 fully saturated rings. The van der Waals surface area contributed by atoms with Gasteiger partial charge in [-0.25, -0.2) is 0 Å². The van der Waals surface area contributed by atoms with E-state index in [1.165, 1.54) is 44.2 Å². The van der Waals surface area contributed by atoms with E-state index >= 15 is 0 Å². The lowest BCUT2D eigenvalue weighted by molar-refractivity contribution is 1.53. The zero-order chi connectivity index (χ0) is 28.1. The molecule has 0 atom stereocenters. The first kappa shape index (κ1) is 25.4. The van der Waals surface area contributed by atoms with E-state index in [1.54, 1.807) is 0 Å². The van der Waals surface area contributed by atoms with E-state index in [1.807, 2.05) is 36.4 Å². The molecule has 7 aromatic carbocycles. The Balaban J connectivity index is 1.26. The Bertz CT molecular complexity index is 1840. The second kappa shape index (κ2) is 11.5. The standard InChI is InChI=1S/C40H30N2/c1-3-11-37(12-4-1)41-39-21-17-30(18-22-39)34-26-35(31-19-23-40(24-20-31)42-38-13-5-2-6-14-38)28-36(27-34)33-16-15-29-9-7-8-10-32(29)25-33/h1-28,41-42H. The maximum absolute atomic E-state index is 3.49. The first-order chi connectivity index (χ1) is 20.8. The van der Waals surface area contributed by atoms with E-state index in [-0.39, 0.29) is 0 Å². The lowest BCUT2D eigenvalue weighted by Crippen LogP contribution is -1.91. The molecule has 0 spiro atoms. The molecule has 7 aromatic rings. The van der Waals surface area contributed by atoms with Crippen LogP contribution in [-0.4, -0.2) is 0 Å². The van der Waals surface area contributed by atoms with E-state index in [4.69, 9.17) is 0 Å². The fourth-order valence-corrected chi connectivity index (χ4v) is 5.36. The molecule has 0 saturated heterocycles. The van der Waals surface area contributed by atoms with E-state index in [0.29, 0.717) is 0 Å². The highest BCUT2D eigenvalue weighted by atomic mass is 14.9. The Morgan fingerprint density at radius 2 is 0.619 bits per heavy atom. The summed E-state index contributed by atoms with van der Waals surface area (Å²) in [5, 5.41) is 9.48. The van der Waals surface area contributed by atoms with Gasteiger partial charge in [-0.2, -0.15) is 0 Å². The summed E-state index contributed by atoms with van der Waals surface area (Å²) in [7, 11) is 0. The van der Waals surface area contributed by atoms with Crippen LogP contribution in [0.2, 0.25) is 0 Å². The average Bonchev–Trinajstić information content (AvgIpc) is 3.06. The summed E-state index contributed by atoms with van der Waals surface area (Å²) in [6, 6.07) is 60.1. The first-order valence-corrected chi connectivity index (χ1v) is 14.3. The summed E-state index contributed by atoms with van der Waals surface area (Å²) in [5.74, 6) is 0. The summed E-state index contributed by atoms with van der Waals surface area (Å²) < 4.78 is 0. The molecule has 0 aliphatic heterocycles. The number of rotatable bonds is 7. The molecule has 0 aliphatic carbocycles. The number of benzene rings is 7. The van der Waals surface area contributed by atoms with Gasteiger partial charge in [0.1, 0.15) is 0 Å². The van der Waals surface area contributed by atoms with Crippen LogP contribution in [0, 0.1) is 0 Å². The third kappa shape index (κ3) is 5.65. The van der Waals surface area contributed by atoms with Gasteiger partial charge >= 0.3 is 0 Å². The lowest BCUT2D eigenvalue weighted by atomic mass is 9.92. The minimum atomic E-state index is 1.07. The predicted octanol–water partition coefficient (Wildman–Crippen LogP) is 11.3. The normalized spacial score (nSPS) is 10.9. The third-order valence-electron chi connectivity index (χ3n) is 7.58. The topological polar surface area (TPSA) is 24.1 Å². The van der Waals surface area contributed by atoms with Crippen molar-refractivity contribution in [2.75, 3.05) is 10.6 Å². The van der Waals surface area contributed by atoms with Crippen LogP contribution >= 0.6 is 0 Å².